The summed E-state index contributed by atoms with van der Waals surface area (Å²) in [7, 11) is 0. The van der Waals surface area contributed by atoms with Crippen molar-refractivity contribution in [1.29, 1.82) is 0 Å². The lowest BCUT2D eigenvalue weighted by molar-refractivity contribution is 0.613. The zero-order chi connectivity index (χ0) is 12.6. The first-order valence-electron chi connectivity index (χ1n) is 5.15. The zero-order valence-electron chi connectivity index (χ0n) is 9.43. The fourth-order valence-corrected chi connectivity index (χ4v) is 3.94. The quantitative estimate of drug-likeness (QED) is 0.584. The Kier molecular flexibility index (Phi) is 4.06. The Labute approximate surface area is 121 Å². The molecule has 0 aliphatic rings. The monoisotopic (exact) mass is 376 g/mol. The van der Waals surface area contributed by atoms with Crippen LogP contribution < -0.4 is 0 Å². The topological polar surface area (TPSA) is 0 Å². The van der Waals surface area contributed by atoms with E-state index in [2.05, 4.69) is 31.9 Å². The van der Waals surface area contributed by atoms with E-state index in [1.807, 2.05) is 32.0 Å². The first kappa shape index (κ1) is 13.2. The van der Waals surface area contributed by atoms with Crippen LogP contribution in [-0.2, 0) is 0 Å². The Balaban J connectivity index is 2.39. The van der Waals surface area contributed by atoms with Gasteiger partial charge in [-0.25, -0.2) is 4.39 Å². The van der Waals surface area contributed by atoms with Gasteiger partial charge in [0, 0.05) is 19.8 Å². The van der Waals surface area contributed by atoms with E-state index in [9.17, 15) is 4.39 Å². The summed E-state index contributed by atoms with van der Waals surface area (Å²) in [5.41, 5.74) is 1.62. The highest BCUT2D eigenvalue weighted by molar-refractivity contribution is 9.10. The molecule has 0 nitrogen and oxygen atoms in total. The molecule has 2 rings (SSSR count). The molecule has 2 aromatic rings. The van der Waals surface area contributed by atoms with Gasteiger partial charge in [0.05, 0.1) is 4.83 Å². The van der Waals surface area contributed by atoms with E-state index in [0.29, 0.717) is 5.56 Å². The fourth-order valence-electron chi connectivity index (χ4n) is 1.60. The van der Waals surface area contributed by atoms with Crippen molar-refractivity contribution in [2.75, 3.05) is 0 Å². The van der Waals surface area contributed by atoms with E-state index in [1.54, 1.807) is 17.4 Å². The molecule has 0 saturated heterocycles. The number of alkyl halides is 1. The lowest BCUT2D eigenvalue weighted by Crippen LogP contribution is -1.94. The van der Waals surface area contributed by atoms with Crippen LogP contribution in [0.2, 0.25) is 0 Å². The Hall–Kier alpha value is -0.190. The minimum atomic E-state index is -0.158. The van der Waals surface area contributed by atoms with Gasteiger partial charge in [-0.2, -0.15) is 0 Å². The lowest BCUT2D eigenvalue weighted by Gasteiger charge is -2.09. The molecular weight excluding hydrogens is 367 g/mol. The first-order chi connectivity index (χ1) is 7.99. The van der Waals surface area contributed by atoms with Gasteiger partial charge >= 0.3 is 0 Å². The summed E-state index contributed by atoms with van der Waals surface area (Å²) in [5.74, 6) is -0.158. The van der Waals surface area contributed by atoms with E-state index >= 15 is 0 Å². The maximum absolute atomic E-state index is 13.9. The molecule has 1 heterocycles. The van der Waals surface area contributed by atoms with Crippen LogP contribution >= 0.6 is 43.2 Å². The second-order valence-electron chi connectivity index (χ2n) is 3.94. The van der Waals surface area contributed by atoms with Crippen LogP contribution in [0.4, 0.5) is 4.39 Å². The number of thiophene rings is 1. The highest BCUT2D eigenvalue weighted by atomic mass is 79.9. The predicted octanol–water partition coefficient (Wildman–Crippen LogP) is 5.75. The molecule has 90 valence electrons. The van der Waals surface area contributed by atoms with Gasteiger partial charge in [-0.05, 0) is 47.5 Å². The van der Waals surface area contributed by atoms with Crippen LogP contribution in [-0.4, -0.2) is 0 Å². The van der Waals surface area contributed by atoms with Crippen molar-refractivity contribution in [2.45, 2.75) is 18.7 Å². The van der Waals surface area contributed by atoms with Crippen molar-refractivity contribution >= 4 is 43.2 Å². The molecule has 1 atom stereocenters. The summed E-state index contributed by atoms with van der Waals surface area (Å²) in [4.78, 5) is 2.23. The van der Waals surface area contributed by atoms with Gasteiger partial charge in [-0.3, -0.25) is 0 Å². The third-order valence-corrected chi connectivity index (χ3v) is 6.05. The van der Waals surface area contributed by atoms with Crippen molar-refractivity contribution in [3.63, 3.8) is 0 Å². The molecule has 0 aliphatic carbocycles. The van der Waals surface area contributed by atoms with Crippen LogP contribution in [0, 0.1) is 19.7 Å². The molecular formula is C13H11Br2FS. The SMILES string of the molecule is Cc1ccc(C(Br)c2cc(Br)c(C)s2)c(F)c1. The molecule has 0 saturated carbocycles. The van der Waals surface area contributed by atoms with Crippen molar-refractivity contribution < 1.29 is 4.39 Å². The highest BCUT2D eigenvalue weighted by Crippen LogP contribution is 2.39. The van der Waals surface area contributed by atoms with Crippen LogP contribution in [0.15, 0.2) is 28.7 Å². The van der Waals surface area contributed by atoms with Gasteiger partial charge in [0.1, 0.15) is 5.82 Å². The van der Waals surface area contributed by atoms with Gasteiger partial charge in [-0.1, -0.05) is 28.1 Å². The van der Waals surface area contributed by atoms with E-state index in [-0.39, 0.29) is 10.6 Å². The van der Waals surface area contributed by atoms with Crippen molar-refractivity contribution in [3.8, 4) is 0 Å². The molecule has 0 bridgehead atoms. The predicted molar refractivity (Wildman–Crippen MR) is 78.7 cm³/mol. The maximum atomic E-state index is 13.9. The normalized spacial score (nSPS) is 12.8. The van der Waals surface area contributed by atoms with Crippen LogP contribution in [0.25, 0.3) is 0 Å². The summed E-state index contributed by atoms with van der Waals surface area (Å²) in [6, 6.07) is 7.38. The molecule has 0 aliphatic heterocycles. The average Bonchev–Trinajstić information content (AvgIpc) is 2.58. The Morgan fingerprint density at radius 2 is 1.94 bits per heavy atom. The molecule has 1 aromatic carbocycles. The van der Waals surface area contributed by atoms with E-state index in [1.165, 1.54) is 4.88 Å². The van der Waals surface area contributed by atoms with Crippen LogP contribution in [0.5, 0.6) is 0 Å². The lowest BCUT2D eigenvalue weighted by atomic mass is 10.1. The second-order valence-corrected chi connectivity index (χ2v) is 7.00. The average molecular weight is 378 g/mol. The summed E-state index contributed by atoms with van der Waals surface area (Å²) in [6.45, 7) is 3.94. The second kappa shape index (κ2) is 5.21. The number of hydrogen-bond acceptors (Lipinski definition) is 1. The zero-order valence-corrected chi connectivity index (χ0v) is 13.4. The third-order valence-electron chi connectivity index (χ3n) is 2.56. The molecule has 1 aromatic heterocycles. The maximum Gasteiger partial charge on any atom is 0.128 e. The van der Waals surface area contributed by atoms with Gasteiger partial charge in [0.25, 0.3) is 0 Å². The van der Waals surface area contributed by atoms with Crippen molar-refractivity contribution in [1.82, 2.24) is 0 Å². The van der Waals surface area contributed by atoms with Gasteiger partial charge < -0.3 is 0 Å². The summed E-state index contributed by atoms with van der Waals surface area (Å²) in [6.07, 6.45) is 0. The first-order valence-corrected chi connectivity index (χ1v) is 7.67. The molecule has 0 N–H and O–H groups in total. The molecule has 0 amide bonds. The number of rotatable bonds is 2. The fraction of sp³-hybridized carbons (Fsp3) is 0.231. The standard InChI is InChI=1S/C13H11Br2FS/c1-7-3-4-9(11(16)5-7)13(15)12-6-10(14)8(2)17-12/h3-6,13H,1-2H3. The van der Waals surface area contributed by atoms with Gasteiger partial charge in [-0.15, -0.1) is 11.3 Å². The number of aryl methyl sites for hydroxylation is 2. The number of hydrogen-bond donors (Lipinski definition) is 0. The highest BCUT2D eigenvalue weighted by Gasteiger charge is 2.17. The Morgan fingerprint density at radius 3 is 2.47 bits per heavy atom. The summed E-state index contributed by atoms with van der Waals surface area (Å²) < 4.78 is 14.9. The Morgan fingerprint density at radius 1 is 1.24 bits per heavy atom. The smallest absolute Gasteiger partial charge is 0.128 e. The van der Waals surface area contributed by atoms with Crippen molar-refractivity contribution in [2.24, 2.45) is 0 Å². The van der Waals surface area contributed by atoms with Gasteiger partial charge in [0.2, 0.25) is 0 Å². The minimum Gasteiger partial charge on any atom is -0.207 e. The van der Waals surface area contributed by atoms with E-state index < -0.39 is 0 Å². The number of halogens is 3. The largest absolute Gasteiger partial charge is 0.207 e. The molecule has 1 unspecified atom stereocenters. The van der Waals surface area contributed by atoms with E-state index in [4.69, 9.17) is 0 Å². The van der Waals surface area contributed by atoms with Crippen molar-refractivity contribution in [3.05, 3.63) is 55.4 Å². The third kappa shape index (κ3) is 2.80. The minimum absolute atomic E-state index is 0.0851. The van der Waals surface area contributed by atoms with E-state index in [0.717, 1.165) is 14.9 Å². The summed E-state index contributed by atoms with van der Waals surface area (Å²) in [5, 5.41) is 0. The molecule has 0 fully saturated rings. The Bertz CT molecular complexity index is 529. The molecule has 4 heteroatoms. The van der Waals surface area contributed by atoms with Gasteiger partial charge in [0.15, 0.2) is 0 Å². The molecule has 0 radical (unpaired) electrons. The van der Waals surface area contributed by atoms with Crippen LogP contribution in [0.1, 0.15) is 25.7 Å². The van der Waals surface area contributed by atoms with Crippen LogP contribution in [0.3, 0.4) is 0 Å². The number of benzene rings is 1. The molecule has 0 spiro atoms. The summed E-state index contributed by atoms with van der Waals surface area (Å²) >= 11 is 8.72. The molecule has 17 heavy (non-hydrogen) atoms.